The zero-order chi connectivity index (χ0) is 17.7. The van der Waals surface area contributed by atoms with Crippen molar-refractivity contribution in [3.05, 3.63) is 24.3 Å². The number of hydrogen-bond donors (Lipinski definition) is 0. The van der Waals surface area contributed by atoms with Gasteiger partial charge in [0, 0.05) is 45.1 Å². The van der Waals surface area contributed by atoms with E-state index < -0.39 is 15.7 Å². The molecule has 0 radical (unpaired) electrons. The van der Waals surface area contributed by atoms with Crippen molar-refractivity contribution in [1.29, 1.82) is 0 Å². The molecule has 0 bridgehead atoms. The van der Waals surface area contributed by atoms with Gasteiger partial charge in [-0.25, -0.2) is 8.51 Å². The molecule has 0 amide bonds. The normalized spacial score (nSPS) is 22.4. The Hall–Kier alpha value is -1.44. The van der Waals surface area contributed by atoms with Crippen molar-refractivity contribution in [2.24, 2.45) is 0 Å². The van der Waals surface area contributed by atoms with Crippen molar-refractivity contribution < 1.29 is 18.5 Å². The van der Waals surface area contributed by atoms with Crippen LogP contribution in [-0.4, -0.2) is 65.5 Å². The van der Waals surface area contributed by atoms with Crippen LogP contribution in [0.25, 0.3) is 0 Å². The van der Waals surface area contributed by atoms with E-state index in [4.69, 9.17) is 9.47 Å². The van der Waals surface area contributed by atoms with Gasteiger partial charge >= 0.3 is 0 Å². The fourth-order valence-electron chi connectivity index (χ4n) is 3.34. The molecule has 2 aliphatic heterocycles. The zero-order valence-electron chi connectivity index (χ0n) is 14.7. The Morgan fingerprint density at radius 1 is 1.16 bits per heavy atom. The maximum Gasteiger partial charge on any atom is 0.140 e. The quantitative estimate of drug-likeness (QED) is 0.716. The van der Waals surface area contributed by atoms with Crippen LogP contribution in [0.2, 0.25) is 0 Å². The Labute approximate surface area is 151 Å². The summed E-state index contributed by atoms with van der Waals surface area (Å²) in [6, 6.07) is 8.07. The van der Waals surface area contributed by atoms with Gasteiger partial charge in [-0.05, 0) is 44.0 Å². The van der Waals surface area contributed by atoms with E-state index in [1.807, 2.05) is 23.4 Å². The molecule has 0 aromatic heterocycles. The highest BCUT2D eigenvalue weighted by Gasteiger charge is 2.42. The Morgan fingerprint density at radius 2 is 1.80 bits per heavy atom. The highest BCUT2D eigenvalue weighted by Crippen LogP contribution is 2.29. The van der Waals surface area contributed by atoms with Gasteiger partial charge in [-0.15, -0.1) is 0 Å². The summed E-state index contributed by atoms with van der Waals surface area (Å²) in [5, 5.41) is 0. The molecule has 1 aromatic carbocycles. The van der Waals surface area contributed by atoms with Crippen LogP contribution in [-0.2, 0) is 20.5 Å². The Bertz CT molecular complexity index is 594. The molecule has 0 N–H and O–H groups in total. The van der Waals surface area contributed by atoms with Gasteiger partial charge in [0.25, 0.3) is 0 Å². The average Bonchev–Trinajstić information content (AvgIpc) is 2.69. The lowest BCUT2D eigenvalue weighted by Crippen LogP contribution is -2.54. The largest absolute Gasteiger partial charge is 0.494 e. The molecule has 0 aliphatic carbocycles. The third-order valence-electron chi connectivity index (χ3n) is 4.89. The third kappa shape index (κ3) is 4.04. The second-order valence-electron chi connectivity index (χ2n) is 6.39. The first-order valence-corrected chi connectivity index (χ1v) is 9.98. The molecule has 0 spiro atoms. The minimum Gasteiger partial charge on any atom is -0.494 e. The number of hydrogen-bond acceptors (Lipinski definition) is 5. The van der Waals surface area contributed by atoms with Crippen LogP contribution in [0.5, 0.6) is 5.75 Å². The van der Waals surface area contributed by atoms with Gasteiger partial charge in [-0.1, -0.05) is 0 Å². The first-order chi connectivity index (χ1) is 12.2. The molecule has 1 unspecified atom stereocenters. The monoisotopic (exact) mass is 366 g/mol. The van der Waals surface area contributed by atoms with Crippen molar-refractivity contribution >= 4 is 23.0 Å². The predicted molar refractivity (Wildman–Crippen MR) is 98.4 cm³/mol. The minimum absolute atomic E-state index is 0.511. The van der Waals surface area contributed by atoms with Crippen LogP contribution in [0.15, 0.2) is 24.3 Å². The molecule has 138 valence electrons. The van der Waals surface area contributed by atoms with Gasteiger partial charge in [-0.2, -0.15) is 0 Å². The molecular weight excluding hydrogens is 340 g/mol. The zero-order valence-corrected chi connectivity index (χ0v) is 15.5. The molecule has 1 atom stereocenters. The van der Waals surface area contributed by atoms with Crippen LogP contribution >= 0.6 is 0 Å². The summed E-state index contributed by atoms with van der Waals surface area (Å²) in [7, 11) is -1.29. The first kappa shape index (κ1) is 18.4. The van der Waals surface area contributed by atoms with Crippen LogP contribution < -0.4 is 9.64 Å². The van der Waals surface area contributed by atoms with E-state index in [0.29, 0.717) is 45.8 Å². The smallest absolute Gasteiger partial charge is 0.140 e. The predicted octanol–water partition coefficient (Wildman–Crippen LogP) is 1.62. The molecule has 6 nitrogen and oxygen atoms in total. The molecule has 25 heavy (non-hydrogen) atoms. The molecule has 2 aliphatic rings. The van der Waals surface area contributed by atoms with Crippen LogP contribution in [0.4, 0.5) is 5.69 Å². The number of piperazine rings is 1. The summed E-state index contributed by atoms with van der Waals surface area (Å²) in [4.78, 5) is 13.9. The van der Waals surface area contributed by atoms with Crippen molar-refractivity contribution in [1.82, 2.24) is 4.31 Å². The van der Waals surface area contributed by atoms with Crippen LogP contribution in [0.3, 0.4) is 0 Å². The second kappa shape index (κ2) is 8.29. The molecule has 7 heteroatoms. The van der Waals surface area contributed by atoms with Crippen molar-refractivity contribution in [2.45, 2.75) is 24.5 Å². The lowest BCUT2D eigenvalue weighted by molar-refractivity contribution is -0.112. The van der Waals surface area contributed by atoms with E-state index in [-0.39, 0.29) is 0 Å². The number of ether oxygens (including phenoxy) is 2. The maximum absolute atomic E-state index is 13.0. The summed E-state index contributed by atoms with van der Waals surface area (Å²) in [5.74, 6) is 0.874. The Balaban J connectivity index is 1.59. The van der Waals surface area contributed by atoms with Gasteiger partial charge in [0.2, 0.25) is 0 Å². The van der Waals surface area contributed by atoms with Crippen LogP contribution in [0.1, 0.15) is 19.8 Å². The van der Waals surface area contributed by atoms with E-state index in [1.54, 1.807) is 0 Å². The number of nitrogens with zero attached hydrogens (tertiary/aromatic N) is 2. The maximum atomic E-state index is 13.0. The van der Waals surface area contributed by atoms with E-state index in [0.717, 1.165) is 30.8 Å². The first-order valence-electron chi connectivity index (χ1n) is 8.87. The van der Waals surface area contributed by atoms with Gasteiger partial charge in [0.15, 0.2) is 0 Å². The topological polar surface area (TPSA) is 59.1 Å². The number of aldehydes is 1. The summed E-state index contributed by atoms with van der Waals surface area (Å²) in [5.41, 5.74) is 1.14. The highest BCUT2D eigenvalue weighted by atomic mass is 32.2. The molecule has 2 saturated heterocycles. The molecule has 3 rings (SSSR count). The van der Waals surface area contributed by atoms with E-state index in [9.17, 15) is 9.00 Å². The fraction of sp³-hybridized carbons (Fsp3) is 0.611. The summed E-state index contributed by atoms with van der Waals surface area (Å²) >= 11 is 0. The summed E-state index contributed by atoms with van der Waals surface area (Å²) in [6.07, 6.45) is 1.98. The van der Waals surface area contributed by atoms with E-state index in [2.05, 4.69) is 17.0 Å². The standard InChI is InChI=1S/C18H26N2O4S/c1-2-24-17-5-3-16(4-6-17)19-9-11-20(12-10-19)25(22)18(15-21)7-13-23-14-8-18/h3-6,15H,2,7-14H2,1H3. The number of carbonyl (C=O) groups is 1. The minimum atomic E-state index is -1.29. The number of carbonyl (C=O) groups excluding carboxylic acids is 1. The van der Waals surface area contributed by atoms with Crippen LogP contribution in [0, 0.1) is 0 Å². The molecular formula is C18H26N2O4S. The summed E-state index contributed by atoms with van der Waals surface area (Å²) in [6.45, 7) is 6.63. The van der Waals surface area contributed by atoms with Gasteiger partial charge in [-0.3, -0.25) is 0 Å². The van der Waals surface area contributed by atoms with Crippen molar-refractivity contribution in [2.75, 3.05) is 50.9 Å². The number of anilines is 1. The van der Waals surface area contributed by atoms with E-state index in [1.165, 1.54) is 0 Å². The SMILES string of the molecule is CCOc1ccc(N2CCN(S(=O)C3(C=O)CCOCC3)CC2)cc1. The third-order valence-corrected chi connectivity index (χ3v) is 6.92. The Morgan fingerprint density at radius 3 is 2.36 bits per heavy atom. The van der Waals surface area contributed by atoms with Crippen molar-refractivity contribution in [3.63, 3.8) is 0 Å². The highest BCUT2D eigenvalue weighted by molar-refractivity contribution is 7.84. The van der Waals surface area contributed by atoms with Gasteiger partial charge in [0.1, 0.15) is 27.8 Å². The molecule has 0 saturated carbocycles. The number of rotatable bonds is 6. The average molecular weight is 366 g/mol. The molecule has 2 fully saturated rings. The fourth-order valence-corrected chi connectivity index (χ4v) is 4.95. The number of benzene rings is 1. The van der Waals surface area contributed by atoms with Gasteiger partial charge < -0.3 is 19.2 Å². The Kier molecular flexibility index (Phi) is 6.09. The molecule has 2 heterocycles. The van der Waals surface area contributed by atoms with Gasteiger partial charge in [0.05, 0.1) is 6.61 Å². The lowest BCUT2D eigenvalue weighted by atomic mass is 10.0. The second-order valence-corrected chi connectivity index (χ2v) is 8.21. The summed E-state index contributed by atoms with van der Waals surface area (Å²) < 4.78 is 25.0. The van der Waals surface area contributed by atoms with Crippen molar-refractivity contribution in [3.8, 4) is 5.75 Å². The lowest BCUT2D eigenvalue weighted by Gasteiger charge is -2.40. The van der Waals surface area contributed by atoms with E-state index >= 15 is 0 Å². The molecule has 1 aromatic rings.